The molecule has 0 saturated heterocycles. The summed E-state index contributed by atoms with van der Waals surface area (Å²) in [5.74, 6) is -0.863. The Labute approximate surface area is 156 Å². The number of hydrogen-bond acceptors (Lipinski definition) is 5. The van der Waals surface area contributed by atoms with E-state index in [-0.39, 0.29) is 12.5 Å². The van der Waals surface area contributed by atoms with Crippen molar-refractivity contribution >= 4 is 40.5 Å². The van der Waals surface area contributed by atoms with Crippen molar-refractivity contribution < 1.29 is 14.3 Å². The van der Waals surface area contributed by atoms with E-state index in [0.717, 1.165) is 23.6 Å². The number of hydrogen-bond donors (Lipinski definition) is 1. The Hall–Kier alpha value is -2.05. The van der Waals surface area contributed by atoms with Gasteiger partial charge in [0.05, 0.1) is 4.34 Å². The van der Waals surface area contributed by atoms with Gasteiger partial charge in [-0.25, -0.2) is 4.79 Å². The third-order valence-electron chi connectivity index (χ3n) is 3.56. The number of benzene rings is 1. The third-order valence-corrected chi connectivity index (χ3v) is 4.77. The second-order valence-corrected chi connectivity index (χ2v) is 7.16. The first kappa shape index (κ1) is 19.3. The predicted molar refractivity (Wildman–Crippen MR) is 102 cm³/mol. The van der Waals surface area contributed by atoms with Crippen LogP contribution in [0.15, 0.2) is 36.4 Å². The smallest absolute Gasteiger partial charge is 0.348 e. The molecule has 5 nitrogen and oxygen atoms in total. The summed E-state index contributed by atoms with van der Waals surface area (Å²) in [7, 11) is 0. The van der Waals surface area contributed by atoms with E-state index in [0.29, 0.717) is 22.3 Å². The van der Waals surface area contributed by atoms with Crippen LogP contribution in [0.3, 0.4) is 0 Å². The van der Waals surface area contributed by atoms with E-state index in [2.05, 4.69) is 23.2 Å². The zero-order chi connectivity index (χ0) is 18.2. The van der Waals surface area contributed by atoms with Gasteiger partial charge < -0.3 is 15.0 Å². The second-order valence-electron chi connectivity index (χ2n) is 5.45. The summed E-state index contributed by atoms with van der Waals surface area (Å²) in [6.45, 7) is 5.81. The highest BCUT2D eigenvalue weighted by molar-refractivity contribution is 7.17. The first-order valence-corrected chi connectivity index (χ1v) is 9.20. The molecule has 1 heterocycles. The first-order valence-electron chi connectivity index (χ1n) is 8.00. The van der Waals surface area contributed by atoms with Gasteiger partial charge in [0, 0.05) is 25.3 Å². The number of halogens is 1. The molecule has 0 aliphatic heterocycles. The van der Waals surface area contributed by atoms with Gasteiger partial charge in [-0.3, -0.25) is 4.79 Å². The summed E-state index contributed by atoms with van der Waals surface area (Å²) < 4.78 is 5.48. The second kappa shape index (κ2) is 9.44. The van der Waals surface area contributed by atoms with Gasteiger partial charge in [0.25, 0.3) is 5.91 Å². The highest BCUT2D eigenvalue weighted by Gasteiger charge is 2.12. The lowest BCUT2D eigenvalue weighted by atomic mass is 10.2. The predicted octanol–water partition coefficient (Wildman–Crippen LogP) is 3.51. The number of carbonyl (C=O) groups is 2. The maximum atomic E-state index is 11.8. The molecule has 0 unspecified atom stereocenters. The van der Waals surface area contributed by atoms with Gasteiger partial charge in [0.2, 0.25) is 0 Å². The average molecular weight is 381 g/mol. The van der Waals surface area contributed by atoms with E-state index in [1.807, 2.05) is 25.1 Å². The molecule has 134 valence electrons. The zero-order valence-corrected chi connectivity index (χ0v) is 15.8. The van der Waals surface area contributed by atoms with Crippen molar-refractivity contribution in [3.63, 3.8) is 0 Å². The van der Waals surface area contributed by atoms with Crippen LogP contribution >= 0.6 is 22.9 Å². The molecule has 0 aliphatic rings. The number of ether oxygens (including phenoxy) is 1. The molecule has 0 saturated carbocycles. The number of aryl methyl sites for hydroxylation is 1. The minimum Gasteiger partial charge on any atom is -0.451 e. The maximum absolute atomic E-state index is 11.8. The third kappa shape index (κ3) is 6.07. The number of rotatable bonds is 8. The van der Waals surface area contributed by atoms with Crippen molar-refractivity contribution in [2.45, 2.75) is 13.8 Å². The van der Waals surface area contributed by atoms with Crippen LogP contribution in [0.25, 0.3) is 0 Å². The van der Waals surface area contributed by atoms with Crippen molar-refractivity contribution in [3.05, 3.63) is 51.2 Å². The van der Waals surface area contributed by atoms with Crippen molar-refractivity contribution in [3.8, 4) is 0 Å². The summed E-state index contributed by atoms with van der Waals surface area (Å²) in [4.78, 5) is 26.1. The Bertz CT molecular complexity index is 733. The first-order chi connectivity index (χ1) is 12.0. The molecule has 2 rings (SSSR count). The largest absolute Gasteiger partial charge is 0.451 e. The highest BCUT2D eigenvalue weighted by Crippen LogP contribution is 2.21. The molecule has 1 aromatic heterocycles. The van der Waals surface area contributed by atoms with Crippen LogP contribution in [0.2, 0.25) is 4.34 Å². The molecule has 1 aromatic carbocycles. The molecule has 0 spiro atoms. The molecule has 0 fully saturated rings. The van der Waals surface area contributed by atoms with Crippen molar-refractivity contribution in [1.29, 1.82) is 0 Å². The Morgan fingerprint density at radius 3 is 2.72 bits per heavy atom. The number of amides is 1. The number of anilines is 1. The van der Waals surface area contributed by atoms with Gasteiger partial charge in [0.1, 0.15) is 4.88 Å². The normalized spacial score (nSPS) is 10.4. The molecule has 1 amide bonds. The van der Waals surface area contributed by atoms with Crippen LogP contribution in [0.5, 0.6) is 0 Å². The number of carbonyl (C=O) groups excluding carboxylic acids is 2. The SMILES string of the molecule is CCN(CCNC(=O)COC(=O)c1ccc(Cl)s1)c1cccc(C)c1. The van der Waals surface area contributed by atoms with E-state index in [1.165, 1.54) is 5.56 Å². The number of thiophene rings is 1. The number of nitrogens with one attached hydrogen (secondary N) is 1. The number of likely N-dealkylation sites (N-methyl/N-ethyl adjacent to an activating group) is 1. The van der Waals surface area contributed by atoms with Gasteiger partial charge in [-0.2, -0.15) is 0 Å². The van der Waals surface area contributed by atoms with E-state index in [9.17, 15) is 9.59 Å². The Kier molecular flexibility index (Phi) is 7.28. The molecule has 0 radical (unpaired) electrons. The quantitative estimate of drug-likeness (QED) is 0.712. The van der Waals surface area contributed by atoms with Gasteiger partial charge in [-0.1, -0.05) is 23.7 Å². The van der Waals surface area contributed by atoms with Crippen molar-refractivity contribution in [2.24, 2.45) is 0 Å². The van der Waals surface area contributed by atoms with Gasteiger partial charge in [0.15, 0.2) is 6.61 Å². The monoisotopic (exact) mass is 380 g/mol. The van der Waals surface area contributed by atoms with Crippen LogP contribution in [-0.2, 0) is 9.53 Å². The fraction of sp³-hybridized carbons (Fsp3) is 0.333. The molecular formula is C18H21ClN2O3S. The Morgan fingerprint density at radius 1 is 1.28 bits per heavy atom. The van der Waals surface area contributed by atoms with Crippen LogP contribution in [0.1, 0.15) is 22.2 Å². The van der Waals surface area contributed by atoms with Gasteiger partial charge in [-0.05, 0) is 43.7 Å². The van der Waals surface area contributed by atoms with Crippen LogP contribution in [0.4, 0.5) is 5.69 Å². The molecule has 1 N–H and O–H groups in total. The zero-order valence-electron chi connectivity index (χ0n) is 14.3. The minimum absolute atomic E-state index is 0.301. The molecule has 2 aromatic rings. The molecule has 0 bridgehead atoms. The number of nitrogens with zero attached hydrogens (tertiary/aromatic N) is 1. The van der Waals surface area contributed by atoms with Gasteiger partial charge >= 0.3 is 5.97 Å². The van der Waals surface area contributed by atoms with Gasteiger partial charge in [-0.15, -0.1) is 11.3 Å². The highest BCUT2D eigenvalue weighted by atomic mass is 35.5. The molecule has 7 heteroatoms. The summed E-state index contributed by atoms with van der Waals surface area (Å²) >= 11 is 6.89. The summed E-state index contributed by atoms with van der Waals surface area (Å²) in [6.07, 6.45) is 0. The lowest BCUT2D eigenvalue weighted by Crippen LogP contribution is -2.36. The maximum Gasteiger partial charge on any atom is 0.348 e. The van der Waals surface area contributed by atoms with Crippen molar-refractivity contribution in [2.75, 3.05) is 31.1 Å². The summed E-state index contributed by atoms with van der Waals surface area (Å²) in [5, 5.41) is 2.76. The fourth-order valence-electron chi connectivity index (χ4n) is 2.30. The summed E-state index contributed by atoms with van der Waals surface area (Å²) in [5.41, 5.74) is 2.32. The minimum atomic E-state index is -0.540. The molecule has 0 aliphatic carbocycles. The Morgan fingerprint density at radius 2 is 2.08 bits per heavy atom. The molecular weight excluding hydrogens is 360 g/mol. The van der Waals surface area contributed by atoms with E-state index in [1.54, 1.807) is 12.1 Å². The van der Waals surface area contributed by atoms with Crippen LogP contribution in [0, 0.1) is 6.92 Å². The molecule has 25 heavy (non-hydrogen) atoms. The lowest BCUT2D eigenvalue weighted by molar-refractivity contribution is -0.124. The fourth-order valence-corrected chi connectivity index (χ4v) is 3.24. The molecule has 0 atom stereocenters. The van der Waals surface area contributed by atoms with Crippen LogP contribution < -0.4 is 10.2 Å². The average Bonchev–Trinajstić information content (AvgIpc) is 3.03. The van der Waals surface area contributed by atoms with E-state index >= 15 is 0 Å². The Balaban J connectivity index is 1.73. The standard InChI is InChI=1S/C18H21ClN2O3S/c1-3-21(14-6-4-5-13(2)11-14)10-9-20-17(22)12-24-18(23)15-7-8-16(19)25-15/h4-8,11H,3,9-10,12H2,1-2H3,(H,20,22). The topological polar surface area (TPSA) is 58.6 Å². The summed E-state index contributed by atoms with van der Waals surface area (Å²) in [6, 6.07) is 11.4. The van der Waals surface area contributed by atoms with Crippen molar-refractivity contribution in [1.82, 2.24) is 5.32 Å². The lowest BCUT2D eigenvalue weighted by Gasteiger charge is -2.23. The van der Waals surface area contributed by atoms with Crippen LogP contribution in [-0.4, -0.2) is 38.1 Å². The number of esters is 1. The van der Waals surface area contributed by atoms with E-state index < -0.39 is 5.97 Å². The van der Waals surface area contributed by atoms with E-state index in [4.69, 9.17) is 16.3 Å².